The zero-order valence-electron chi connectivity index (χ0n) is 23.5. The molecule has 0 unspecified atom stereocenters. The van der Waals surface area contributed by atoms with Gasteiger partial charge in [-0.2, -0.15) is 0 Å². The third kappa shape index (κ3) is 8.97. The predicted molar refractivity (Wildman–Crippen MR) is 172 cm³/mol. The van der Waals surface area contributed by atoms with Gasteiger partial charge >= 0.3 is 5.97 Å². The number of hydrogen-bond acceptors (Lipinski definition) is 6. The Morgan fingerprint density at radius 3 is 2.34 bits per heavy atom. The number of aromatic carboxylic acids is 1. The van der Waals surface area contributed by atoms with E-state index in [0.29, 0.717) is 39.8 Å². The molecule has 0 aliphatic carbocycles. The third-order valence-electron chi connectivity index (χ3n) is 5.99. The fourth-order valence-corrected chi connectivity index (χ4v) is 4.91. The summed E-state index contributed by atoms with van der Waals surface area (Å²) in [7, 11) is 0. The Morgan fingerprint density at radius 1 is 0.864 bits per heavy atom. The molecule has 0 spiro atoms. The van der Waals surface area contributed by atoms with E-state index in [2.05, 4.69) is 16.0 Å². The fraction of sp³-hybridized carbons (Fsp3) is 0.0909. The standard InChI is InChI=1S/C33H28ClN3O6S/c1-2-43-29-14-7-6-11-22(29)17-28(37-31(39)21-9-4-3-5-10-21)32(40)36-23-12-8-13-25(18-23)44-20-30(38)35-24-15-16-27(34)26(19-24)33(41)42/h3-19H,2,20H2,1H3,(H,35,38)(H,36,40)(H,37,39)(H,41,42)/b28-17+. The molecule has 0 aromatic heterocycles. The highest BCUT2D eigenvalue weighted by Crippen LogP contribution is 2.25. The summed E-state index contributed by atoms with van der Waals surface area (Å²) in [5, 5.41) is 17.5. The van der Waals surface area contributed by atoms with Crippen molar-refractivity contribution in [1.29, 1.82) is 0 Å². The number of anilines is 2. The van der Waals surface area contributed by atoms with Gasteiger partial charge < -0.3 is 25.8 Å². The number of carboxylic acids is 1. The number of thioether (sulfide) groups is 1. The number of rotatable bonds is 12. The molecule has 0 aliphatic heterocycles. The lowest BCUT2D eigenvalue weighted by Crippen LogP contribution is -2.30. The SMILES string of the molecule is CCOc1ccccc1/C=C(/NC(=O)c1ccccc1)C(=O)Nc1cccc(SCC(=O)Nc2ccc(Cl)c(C(=O)O)c2)c1. The summed E-state index contributed by atoms with van der Waals surface area (Å²) < 4.78 is 5.69. The molecular weight excluding hydrogens is 602 g/mol. The minimum atomic E-state index is -1.20. The molecule has 0 radical (unpaired) electrons. The summed E-state index contributed by atoms with van der Waals surface area (Å²) in [5.41, 5.74) is 1.64. The Bertz CT molecular complexity index is 1710. The first-order chi connectivity index (χ1) is 21.2. The lowest BCUT2D eigenvalue weighted by molar-refractivity contribution is -0.114. The van der Waals surface area contributed by atoms with Gasteiger partial charge in [-0.1, -0.05) is 54.1 Å². The molecule has 4 rings (SSSR count). The first kappa shape index (κ1) is 31.9. The van der Waals surface area contributed by atoms with E-state index in [1.807, 2.05) is 13.0 Å². The van der Waals surface area contributed by atoms with Crippen molar-refractivity contribution in [3.63, 3.8) is 0 Å². The molecule has 0 heterocycles. The van der Waals surface area contributed by atoms with Gasteiger partial charge in [-0.15, -0.1) is 11.8 Å². The minimum absolute atomic E-state index is 0.00661. The molecule has 3 amide bonds. The van der Waals surface area contributed by atoms with Gasteiger partial charge in [0.1, 0.15) is 11.4 Å². The number of carboxylic acid groups (broad SMARTS) is 1. The van der Waals surface area contributed by atoms with Crippen molar-refractivity contribution < 1.29 is 29.0 Å². The molecule has 0 bridgehead atoms. The first-order valence-electron chi connectivity index (χ1n) is 13.4. The quantitative estimate of drug-likeness (QED) is 0.103. The Morgan fingerprint density at radius 2 is 1.59 bits per heavy atom. The van der Waals surface area contributed by atoms with Crippen LogP contribution in [-0.2, 0) is 9.59 Å². The van der Waals surface area contributed by atoms with E-state index in [4.69, 9.17) is 16.3 Å². The number of para-hydroxylation sites is 1. The zero-order chi connectivity index (χ0) is 31.5. The molecule has 0 saturated carbocycles. The molecule has 9 nitrogen and oxygen atoms in total. The number of carbonyl (C=O) groups is 4. The normalized spacial score (nSPS) is 10.9. The summed E-state index contributed by atoms with van der Waals surface area (Å²) in [6, 6.07) is 26.8. The Kier molecular flexibility index (Phi) is 11.2. The molecule has 4 N–H and O–H groups in total. The average Bonchev–Trinajstić information content (AvgIpc) is 3.02. The van der Waals surface area contributed by atoms with Crippen molar-refractivity contribution in [2.75, 3.05) is 23.0 Å². The Balaban J connectivity index is 1.47. The smallest absolute Gasteiger partial charge is 0.337 e. The fourth-order valence-electron chi connectivity index (χ4n) is 3.96. The van der Waals surface area contributed by atoms with Crippen molar-refractivity contribution in [3.05, 3.63) is 124 Å². The zero-order valence-corrected chi connectivity index (χ0v) is 25.1. The van der Waals surface area contributed by atoms with Crippen molar-refractivity contribution in [2.45, 2.75) is 11.8 Å². The molecule has 4 aromatic rings. The number of amides is 3. The second kappa shape index (κ2) is 15.4. The number of ether oxygens (including phenoxy) is 1. The highest BCUT2D eigenvalue weighted by molar-refractivity contribution is 8.00. The molecule has 0 saturated heterocycles. The van der Waals surface area contributed by atoms with Gasteiger partial charge in [0.25, 0.3) is 11.8 Å². The molecule has 11 heteroatoms. The van der Waals surface area contributed by atoms with Crippen LogP contribution in [0.15, 0.2) is 108 Å². The second-order valence-electron chi connectivity index (χ2n) is 9.17. The minimum Gasteiger partial charge on any atom is -0.493 e. The van der Waals surface area contributed by atoms with E-state index in [9.17, 15) is 24.3 Å². The van der Waals surface area contributed by atoms with Gasteiger partial charge in [-0.3, -0.25) is 14.4 Å². The van der Waals surface area contributed by atoms with Crippen LogP contribution in [0.5, 0.6) is 5.75 Å². The van der Waals surface area contributed by atoms with Crippen LogP contribution in [0.2, 0.25) is 5.02 Å². The maximum Gasteiger partial charge on any atom is 0.337 e. The van der Waals surface area contributed by atoms with E-state index in [1.54, 1.807) is 78.9 Å². The van der Waals surface area contributed by atoms with Crippen molar-refractivity contribution in [2.24, 2.45) is 0 Å². The summed E-state index contributed by atoms with van der Waals surface area (Å²) in [6.45, 7) is 2.28. The van der Waals surface area contributed by atoms with Crippen LogP contribution >= 0.6 is 23.4 Å². The molecule has 0 atom stereocenters. The Labute approximate surface area is 263 Å². The molecular formula is C33H28ClN3O6S. The van der Waals surface area contributed by atoms with Gasteiger partial charge in [0, 0.05) is 27.4 Å². The van der Waals surface area contributed by atoms with Gasteiger partial charge in [0.15, 0.2) is 0 Å². The lowest BCUT2D eigenvalue weighted by Gasteiger charge is -2.13. The van der Waals surface area contributed by atoms with Crippen molar-refractivity contribution >= 4 is 64.5 Å². The maximum absolute atomic E-state index is 13.5. The highest BCUT2D eigenvalue weighted by atomic mass is 35.5. The summed E-state index contributed by atoms with van der Waals surface area (Å²) in [6.07, 6.45) is 1.55. The van der Waals surface area contributed by atoms with E-state index in [-0.39, 0.29) is 27.9 Å². The van der Waals surface area contributed by atoms with E-state index >= 15 is 0 Å². The number of hydrogen-bond donors (Lipinski definition) is 4. The van der Waals surface area contributed by atoms with Gasteiger partial charge in [-0.05, 0) is 67.6 Å². The average molecular weight is 630 g/mol. The molecule has 44 heavy (non-hydrogen) atoms. The molecule has 4 aromatic carbocycles. The largest absolute Gasteiger partial charge is 0.493 e. The molecule has 0 aliphatic rings. The molecule has 0 fully saturated rings. The van der Waals surface area contributed by atoms with E-state index in [1.165, 1.54) is 30.0 Å². The van der Waals surface area contributed by atoms with E-state index < -0.39 is 17.8 Å². The van der Waals surface area contributed by atoms with Crippen LogP contribution in [0.25, 0.3) is 6.08 Å². The van der Waals surface area contributed by atoms with Crippen LogP contribution in [0, 0.1) is 0 Å². The van der Waals surface area contributed by atoms with Crippen LogP contribution in [0.1, 0.15) is 33.2 Å². The van der Waals surface area contributed by atoms with Gasteiger partial charge in [-0.25, -0.2) is 4.79 Å². The second-order valence-corrected chi connectivity index (χ2v) is 10.6. The van der Waals surface area contributed by atoms with E-state index in [0.717, 1.165) is 0 Å². The van der Waals surface area contributed by atoms with Crippen LogP contribution < -0.4 is 20.7 Å². The lowest BCUT2D eigenvalue weighted by atomic mass is 10.1. The van der Waals surface area contributed by atoms with Gasteiger partial charge in [0.2, 0.25) is 5.91 Å². The van der Waals surface area contributed by atoms with Crippen molar-refractivity contribution in [1.82, 2.24) is 5.32 Å². The predicted octanol–water partition coefficient (Wildman–Crippen LogP) is 6.58. The number of benzene rings is 4. The summed E-state index contributed by atoms with van der Waals surface area (Å²) in [5.74, 6) is -1.98. The molecule has 224 valence electrons. The van der Waals surface area contributed by atoms with Crippen molar-refractivity contribution in [3.8, 4) is 5.75 Å². The Hall–Kier alpha value is -5.06. The number of carbonyl (C=O) groups excluding carboxylic acids is 3. The summed E-state index contributed by atoms with van der Waals surface area (Å²) >= 11 is 7.12. The first-order valence-corrected chi connectivity index (χ1v) is 14.8. The summed E-state index contributed by atoms with van der Waals surface area (Å²) in [4.78, 5) is 51.0. The van der Waals surface area contributed by atoms with Crippen LogP contribution in [-0.4, -0.2) is 41.2 Å². The van der Waals surface area contributed by atoms with Crippen LogP contribution in [0.3, 0.4) is 0 Å². The highest BCUT2D eigenvalue weighted by Gasteiger charge is 2.17. The number of halogens is 1. The topological polar surface area (TPSA) is 134 Å². The maximum atomic E-state index is 13.5. The third-order valence-corrected chi connectivity index (χ3v) is 7.31. The monoisotopic (exact) mass is 629 g/mol. The number of nitrogens with one attached hydrogen (secondary N) is 3. The van der Waals surface area contributed by atoms with Gasteiger partial charge in [0.05, 0.1) is 22.9 Å². The van der Waals surface area contributed by atoms with Crippen LogP contribution in [0.4, 0.5) is 11.4 Å².